The van der Waals surface area contributed by atoms with Crippen LogP contribution in [0.3, 0.4) is 0 Å². The molecule has 0 bridgehead atoms. The summed E-state index contributed by atoms with van der Waals surface area (Å²) >= 11 is 0. The number of nitrogens with zero attached hydrogens (tertiary/aromatic N) is 1. The van der Waals surface area contributed by atoms with Crippen LogP contribution in [0.25, 0.3) is 0 Å². The van der Waals surface area contributed by atoms with E-state index in [4.69, 9.17) is 5.11 Å². The largest absolute Gasteiger partial charge is 0.478 e. The highest BCUT2D eigenvalue weighted by Gasteiger charge is 2.31. The van der Waals surface area contributed by atoms with E-state index in [2.05, 4.69) is 0 Å². The van der Waals surface area contributed by atoms with Crippen molar-refractivity contribution in [1.29, 1.82) is 0 Å². The van der Waals surface area contributed by atoms with E-state index >= 15 is 0 Å². The molecule has 0 spiro atoms. The number of hydrogen-bond donors (Lipinski definition) is 2. The number of carboxylic acid groups (broad SMARTS) is 1. The van der Waals surface area contributed by atoms with Gasteiger partial charge in [-0.05, 0) is 11.6 Å². The van der Waals surface area contributed by atoms with Gasteiger partial charge in [0.05, 0.1) is 11.7 Å². The van der Waals surface area contributed by atoms with Crippen molar-refractivity contribution in [2.75, 3.05) is 13.1 Å². The van der Waals surface area contributed by atoms with E-state index in [9.17, 15) is 14.3 Å². The second-order valence-electron chi connectivity index (χ2n) is 4.24. The fourth-order valence-corrected chi connectivity index (χ4v) is 2.06. The maximum Gasteiger partial charge on any atom is 0.336 e. The van der Waals surface area contributed by atoms with Crippen molar-refractivity contribution in [3.8, 4) is 0 Å². The normalized spacial score (nSPS) is 25.1. The zero-order valence-corrected chi connectivity index (χ0v) is 9.21. The monoisotopic (exact) mass is 239 g/mol. The van der Waals surface area contributed by atoms with Crippen LogP contribution < -0.4 is 0 Å². The van der Waals surface area contributed by atoms with Crippen LogP contribution in [-0.2, 0) is 6.54 Å². The zero-order chi connectivity index (χ0) is 12.4. The van der Waals surface area contributed by atoms with Crippen LogP contribution in [0.15, 0.2) is 24.3 Å². The Bertz CT molecular complexity index is 414. The van der Waals surface area contributed by atoms with Crippen molar-refractivity contribution in [2.45, 2.75) is 18.8 Å². The molecule has 92 valence electrons. The van der Waals surface area contributed by atoms with Crippen LogP contribution >= 0.6 is 0 Å². The van der Waals surface area contributed by atoms with E-state index in [-0.39, 0.29) is 18.7 Å². The fraction of sp³-hybridized carbons (Fsp3) is 0.417. The third-order valence-corrected chi connectivity index (χ3v) is 2.94. The summed E-state index contributed by atoms with van der Waals surface area (Å²) in [5.74, 6) is -0.989. The summed E-state index contributed by atoms with van der Waals surface area (Å²) in [5.41, 5.74) is 0.866. The third kappa shape index (κ3) is 2.62. The molecule has 1 fully saturated rings. The Balaban J connectivity index is 2.11. The Morgan fingerprint density at radius 3 is 2.71 bits per heavy atom. The molecule has 2 atom stereocenters. The minimum absolute atomic E-state index is 0.148. The number of aliphatic hydroxyl groups excluding tert-OH is 1. The number of hydrogen-bond acceptors (Lipinski definition) is 3. The van der Waals surface area contributed by atoms with Crippen molar-refractivity contribution in [3.63, 3.8) is 0 Å². The first-order valence-corrected chi connectivity index (χ1v) is 5.43. The van der Waals surface area contributed by atoms with Gasteiger partial charge in [-0.25, -0.2) is 9.18 Å². The van der Waals surface area contributed by atoms with Crippen LogP contribution in [-0.4, -0.2) is 46.4 Å². The van der Waals surface area contributed by atoms with Gasteiger partial charge in [-0.15, -0.1) is 0 Å². The highest BCUT2D eigenvalue weighted by atomic mass is 19.1. The Hall–Kier alpha value is -1.46. The molecule has 5 heteroatoms. The van der Waals surface area contributed by atoms with Crippen LogP contribution in [0.4, 0.5) is 4.39 Å². The van der Waals surface area contributed by atoms with Gasteiger partial charge < -0.3 is 10.2 Å². The summed E-state index contributed by atoms with van der Waals surface area (Å²) in [7, 11) is 0. The molecule has 2 N–H and O–H groups in total. The zero-order valence-electron chi connectivity index (χ0n) is 9.21. The van der Waals surface area contributed by atoms with Crippen molar-refractivity contribution in [1.82, 2.24) is 4.90 Å². The average Bonchev–Trinajstić information content (AvgIpc) is 2.58. The topological polar surface area (TPSA) is 60.8 Å². The quantitative estimate of drug-likeness (QED) is 0.822. The van der Waals surface area contributed by atoms with Crippen molar-refractivity contribution in [2.24, 2.45) is 0 Å². The number of carbonyl (C=O) groups is 1. The van der Waals surface area contributed by atoms with Crippen LogP contribution in [0.5, 0.6) is 0 Å². The average molecular weight is 239 g/mol. The maximum absolute atomic E-state index is 13.1. The summed E-state index contributed by atoms with van der Waals surface area (Å²) < 4.78 is 13.1. The molecule has 1 aliphatic heterocycles. The highest BCUT2D eigenvalue weighted by molar-refractivity contribution is 5.89. The number of alkyl halides is 1. The lowest BCUT2D eigenvalue weighted by Gasteiger charge is -2.15. The van der Waals surface area contributed by atoms with E-state index in [1.54, 1.807) is 23.1 Å². The molecule has 1 aliphatic rings. The van der Waals surface area contributed by atoms with Gasteiger partial charge in [0.1, 0.15) is 6.17 Å². The van der Waals surface area contributed by atoms with Gasteiger partial charge in [0.25, 0.3) is 0 Å². The number of halogens is 1. The lowest BCUT2D eigenvalue weighted by Crippen LogP contribution is -2.22. The molecule has 0 radical (unpaired) electrons. The predicted molar refractivity (Wildman–Crippen MR) is 59.6 cm³/mol. The first-order valence-electron chi connectivity index (χ1n) is 5.43. The molecule has 17 heavy (non-hydrogen) atoms. The summed E-state index contributed by atoms with van der Waals surface area (Å²) in [6.45, 7) is 0.740. The Morgan fingerprint density at radius 2 is 2.12 bits per heavy atom. The van der Waals surface area contributed by atoms with E-state index in [0.717, 1.165) is 0 Å². The molecule has 0 aliphatic carbocycles. The van der Waals surface area contributed by atoms with Gasteiger partial charge in [0.2, 0.25) is 0 Å². The predicted octanol–water partition coefficient (Wildman–Crippen LogP) is 0.899. The number of β-amino-alcohol motifs (C(OH)–C–C–N with tert-alkyl or cyclic N) is 1. The molecule has 2 rings (SSSR count). The highest BCUT2D eigenvalue weighted by Crippen LogP contribution is 2.18. The Morgan fingerprint density at radius 1 is 1.41 bits per heavy atom. The van der Waals surface area contributed by atoms with Crippen LogP contribution in [0.1, 0.15) is 15.9 Å². The molecule has 0 aromatic heterocycles. The molecule has 0 unspecified atom stereocenters. The fourth-order valence-electron chi connectivity index (χ4n) is 2.06. The summed E-state index contributed by atoms with van der Waals surface area (Å²) in [6, 6.07) is 6.64. The lowest BCUT2D eigenvalue weighted by atomic mass is 10.1. The smallest absolute Gasteiger partial charge is 0.336 e. The van der Waals surface area contributed by atoms with Gasteiger partial charge in [-0.1, -0.05) is 18.2 Å². The molecule has 0 amide bonds. The summed E-state index contributed by atoms with van der Waals surface area (Å²) in [5, 5.41) is 18.3. The number of benzene rings is 1. The minimum Gasteiger partial charge on any atom is -0.478 e. The van der Waals surface area contributed by atoms with E-state index in [1.807, 2.05) is 0 Å². The molecule has 1 heterocycles. The number of aliphatic hydroxyl groups is 1. The number of likely N-dealkylation sites (tertiary alicyclic amines) is 1. The van der Waals surface area contributed by atoms with E-state index in [1.165, 1.54) is 6.07 Å². The van der Waals surface area contributed by atoms with Crippen molar-refractivity contribution >= 4 is 5.97 Å². The SMILES string of the molecule is O=C(O)c1ccccc1CN1C[C@@H](O)[C@H](F)C1. The summed E-state index contributed by atoms with van der Waals surface area (Å²) in [4.78, 5) is 12.7. The molecule has 0 saturated carbocycles. The summed E-state index contributed by atoms with van der Waals surface area (Å²) in [6.07, 6.45) is -2.21. The Kier molecular flexibility index (Phi) is 3.40. The third-order valence-electron chi connectivity index (χ3n) is 2.94. The molecule has 1 aromatic carbocycles. The van der Waals surface area contributed by atoms with Gasteiger partial charge in [-0.2, -0.15) is 0 Å². The minimum atomic E-state index is -1.24. The van der Waals surface area contributed by atoms with Crippen molar-refractivity contribution in [3.05, 3.63) is 35.4 Å². The second-order valence-corrected chi connectivity index (χ2v) is 4.24. The van der Waals surface area contributed by atoms with Crippen LogP contribution in [0.2, 0.25) is 0 Å². The Labute approximate surface area is 98.3 Å². The molecule has 4 nitrogen and oxygen atoms in total. The van der Waals surface area contributed by atoms with Crippen LogP contribution in [0, 0.1) is 0 Å². The van der Waals surface area contributed by atoms with Gasteiger partial charge in [-0.3, -0.25) is 4.90 Å². The second kappa shape index (κ2) is 4.81. The maximum atomic E-state index is 13.1. The number of aromatic carboxylic acids is 1. The van der Waals surface area contributed by atoms with Gasteiger partial charge in [0.15, 0.2) is 0 Å². The van der Waals surface area contributed by atoms with E-state index in [0.29, 0.717) is 12.1 Å². The first kappa shape index (κ1) is 12.0. The van der Waals surface area contributed by atoms with Gasteiger partial charge in [0, 0.05) is 19.6 Å². The lowest BCUT2D eigenvalue weighted by molar-refractivity contribution is 0.0694. The molecular formula is C12H14FNO3. The van der Waals surface area contributed by atoms with Crippen molar-refractivity contribution < 1.29 is 19.4 Å². The molecule has 1 aromatic rings. The molecule has 1 saturated heterocycles. The van der Waals surface area contributed by atoms with Gasteiger partial charge >= 0.3 is 5.97 Å². The standard InChI is InChI=1S/C12H14FNO3/c13-10-6-14(7-11(10)15)5-8-3-1-2-4-9(8)12(16)17/h1-4,10-11,15H,5-7H2,(H,16,17)/t10-,11-/m1/s1. The van der Waals surface area contributed by atoms with E-state index < -0.39 is 18.2 Å². The number of carboxylic acids is 1. The first-order chi connectivity index (χ1) is 8.08. The molecular weight excluding hydrogens is 225 g/mol. The number of rotatable bonds is 3.